The van der Waals surface area contributed by atoms with Crippen molar-refractivity contribution in [3.63, 3.8) is 0 Å². The lowest BCUT2D eigenvalue weighted by Gasteiger charge is -2.32. The molecule has 1 aliphatic heterocycles. The first-order chi connectivity index (χ1) is 20.7. The molecule has 5 rings (SSSR count). The van der Waals surface area contributed by atoms with E-state index in [0.29, 0.717) is 18.6 Å². The van der Waals surface area contributed by atoms with Crippen molar-refractivity contribution in [3.8, 4) is 11.3 Å². The van der Waals surface area contributed by atoms with E-state index in [9.17, 15) is 4.79 Å². The van der Waals surface area contributed by atoms with Gasteiger partial charge < -0.3 is 15.4 Å². The fraction of sp³-hybridized carbons (Fsp3) is 0.314. The lowest BCUT2D eigenvalue weighted by Crippen LogP contribution is -2.37. The molecular formula is C35H40N6O2. The number of pyridine rings is 1. The Morgan fingerprint density at radius 3 is 2.51 bits per heavy atom. The number of benzene rings is 2. The topological polar surface area (TPSA) is 92.3 Å². The molecule has 0 amide bonds. The van der Waals surface area contributed by atoms with Crippen LogP contribution in [-0.4, -0.2) is 45.6 Å². The van der Waals surface area contributed by atoms with Gasteiger partial charge in [-0.2, -0.15) is 0 Å². The van der Waals surface area contributed by atoms with Crippen molar-refractivity contribution >= 4 is 29.0 Å². The van der Waals surface area contributed by atoms with Crippen molar-refractivity contribution in [3.05, 3.63) is 103 Å². The molecule has 43 heavy (non-hydrogen) atoms. The Morgan fingerprint density at radius 1 is 1.05 bits per heavy atom. The van der Waals surface area contributed by atoms with E-state index in [0.717, 1.165) is 65.4 Å². The lowest BCUT2D eigenvalue weighted by atomic mass is 9.89. The number of piperidine rings is 1. The van der Waals surface area contributed by atoms with Crippen LogP contribution in [0.25, 0.3) is 17.0 Å². The van der Waals surface area contributed by atoms with E-state index < -0.39 is 5.41 Å². The van der Waals surface area contributed by atoms with Gasteiger partial charge in [-0.05, 0) is 93.5 Å². The van der Waals surface area contributed by atoms with Crippen LogP contribution < -0.4 is 10.6 Å². The Morgan fingerprint density at radius 2 is 1.81 bits per heavy atom. The highest BCUT2D eigenvalue weighted by Gasteiger charge is 2.26. The molecule has 1 aliphatic rings. The molecule has 2 aromatic heterocycles. The van der Waals surface area contributed by atoms with Crippen LogP contribution in [0.15, 0.2) is 85.8 Å². The number of rotatable bonds is 9. The summed E-state index contributed by atoms with van der Waals surface area (Å²) >= 11 is 0. The first-order valence-corrected chi connectivity index (χ1v) is 14.7. The molecule has 2 N–H and O–H groups in total. The minimum Gasteiger partial charge on any atom is -0.449 e. The van der Waals surface area contributed by atoms with Gasteiger partial charge in [0.1, 0.15) is 6.73 Å². The van der Waals surface area contributed by atoms with E-state index >= 15 is 0 Å². The highest BCUT2D eigenvalue weighted by Crippen LogP contribution is 2.30. The Hall–Kier alpha value is -4.56. The Balaban J connectivity index is 1.16. The van der Waals surface area contributed by atoms with Crippen LogP contribution in [0, 0.1) is 12.3 Å². The van der Waals surface area contributed by atoms with Crippen LogP contribution in [0.2, 0.25) is 0 Å². The standard InChI is InChI=1S/C35H40N6O2/c1-24-8-13-30(21-32(24)40-34-37-18-14-31(39-34)29-7-6-17-36-22-29)38-25(2)26-9-11-27(12-10-26)28-15-19-41(20-16-28)23-43-33(42)35(3,4)5/h6-14,17-18,21-22,28,38H,2,15-16,19-20,23H2,1,3-5H3,(H,37,39,40). The molecule has 3 heterocycles. The van der Waals surface area contributed by atoms with Crippen LogP contribution in [0.1, 0.15) is 56.2 Å². The molecule has 0 unspecified atom stereocenters. The lowest BCUT2D eigenvalue weighted by molar-refractivity contribution is -0.158. The number of likely N-dealkylation sites (tertiary alicyclic amines) is 1. The summed E-state index contributed by atoms with van der Waals surface area (Å²) in [4.78, 5) is 27.6. The van der Waals surface area contributed by atoms with E-state index in [1.165, 1.54) is 5.56 Å². The summed E-state index contributed by atoms with van der Waals surface area (Å²) in [7, 11) is 0. The maximum atomic E-state index is 12.1. The number of hydrogen-bond donors (Lipinski definition) is 2. The number of aryl methyl sites for hydroxylation is 1. The second kappa shape index (κ2) is 13.2. The average Bonchev–Trinajstić information content (AvgIpc) is 3.02. The highest BCUT2D eigenvalue weighted by molar-refractivity contribution is 5.78. The van der Waals surface area contributed by atoms with Crippen LogP contribution in [0.3, 0.4) is 0 Å². The SMILES string of the molecule is C=C(Nc1ccc(C)c(Nc2nccc(-c3cccnc3)n2)c1)c1ccc(C2CCN(COC(=O)C(C)(C)C)CC2)cc1. The van der Waals surface area contributed by atoms with E-state index in [2.05, 4.69) is 67.4 Å². The van der Waals surface area contributed by atoms with E-state index in [4.69, 9.17) is 4.74 Å². The van der Waals surface area contributed by atoms with Crippen molar-refractivity contribution in [2.45, 2.75) is 46.5 Å². The quantitative estimate of drug-likeness (QED) is 0.199. The summed E-state index contributed by atoms with van der Waals surface area (Å²) in [5, 5.41) is 6.82. The van der Waals surface area contributed by atoms with Crippen molar-refractivity contribution in [2.24, 2.45) is 5.41 Å². The largest absolute Gasteiger partial charge is 0.449 e. The normalized spacial score (nSPS) is 14.2. The van der Waals surface area contributed by atoms with E-state index in [-0.39, 0.29) is 5.97 Å². The van der Waals surface area contributed by atoms with Gasteiger partial charge in [0.15, 0.2) is 0 Å². The summed E-state index contributed by atoms with van der Waals surface area (Å²) in [5.74, 6) is 0.861. The number of nitrogens with one attached hydrogen (secondary N) is 2. The molecule has 8 heteroatoms. The first kappa shape index (κ1) is 29.9. The van der Waals surface area contributed by atoms with Gasteiger partial charge in [0, 0.05) is 54.3 Å². The first-order valence-electron chi connectivity index (χ1n) is 14.7. The van der Waals surface area contributed by atoms with Gasteiger partial charge in [0.2, 0.25) is 5.95 Å². The van der Waals surface area contributed by atoms with Gasteiger partial charge in [0.25, 0.3) is 0 Å². The van der Waals surface area contributed by atoms with Crippen LogP contribution in [0.4, 0.5) is 17.3 Å². The monoisotopic (exact) mass is 576 g/mol. The molecule has 1 fully saturated rings. The molecule has 1 saturated heterocycles. The number of ether oxygens (including phenoxy) is 1. The second-order valence-corrected chi connectivity index (χ2v) is 12.1. The summed E-state index contributed by atoms with van der Waals surface area (Å²) < 4.78 is 5.50. The van der Waals surface area contributed by atoms with Gasteiger partial charge in [-0.15, -0.1) is 0 Å². The molecule has 0 saturated carbocycles. The van der Waals surface area contributed by atoms with Gasteiger partial charge in [0.05, 0.1) is 11.1 Å². The minimum atomic E-state index is -0.472. The molecule has 0 spiro atoms. The zero-order chi connectivity index (χ0) is 30.4. The Labute approximate surface area is 254 Å². The van der Waals surface area contributed by atoms with Crippen LogP contribution >= 0.6 is 0 Å². The molecule has 0 radical (unpaired) electrons. The number of carbonyl (C=O) groups excluding carboxylic acids is 1. The van der Waals surface area contributed by atoms with Crippen molar-refractivity contribution in [1.29, 1.82) is 0 Å². The predicted octanol–water partition coefficient (Wildman–Crippen LogP) is 7.40. The summed E-state index contributed by atoms with van der Waals surface area (Å²) in [6, 6.07) is 20.6. The van der Waals surface area contributed by atoms with Gasteiger partial charge in [-0.25, -0.2) is 9.97 Å². The predicted molar refractivity (Wildman–Crippen MR) is 173 cm³/mol. The number of carbonyl (C=O) groups is 1. The highest BCUT2D eigenvalue weighted by atomic mass is 16.5. The fourth-order valence-corrected chi connectivity index (χ4v) is 5.01. The molecule has 222 valence electrons. The zero-order valence-corrected chi connectivity index (χ0v) is 25.4. The molecule has 0 atom stereocenters. The molecule has 8 nitrogen and oxygen atoms in total. The van der Waals surface area contributed by atoms with Crippen molar-refractivity contribution in [2.75, 3.05) is 30.5 Å². The third kappa shape index (κ3) is 7.84. The summed E-state index contributed by atoms with van der Waals surface area (Å²) in [5.41, 5.74) is 7.38. The molecule has 0 bridgehead atoms. The second-order valence-electron chi connectivity index (χ2n) is 12.1. The maximum Gasteiger partial charge on any atom is 0.312 e. The zero-order valence-electron chi connectivity index (χ0n) is 25.4. The summed E-state index contributed by atoms with van der Waals surface area (Å²) in [6.45, 7) is 14.2. The molecule has 0 aliphatic carbocycles. The fourth-order valence-electron chi connectivity index (χ4n) is 5.01. The number of esters is 1. The Bertz CT molecular complexity index is 1560. The van der Waals surface area contributed by atoms with Crippen LogP contribution in [0.5, 0.6) is 0 Å². The molecule has 2 aromatic carbocycles. The van der Waals surface area contributed by atoms with Gasteiger partial charge >= 0.3 is 5.97 Å². The third-order valence-corrected chi connectivity index (χ3v) is 7.70. The van der Waals surface area contributed by atoms with Gasteiger partial charge in [-0.3, -0.25) is 14.7 Å². The van der Waals surface area contributed by atoms with E-state index in [1.54, 1.807) is 18.6 Å². The number of nitrogens with zero attached hydrogens (tertiary/aromatic N) is 4. The molecule has 4 aromatic rings. The van der Waals surface area contributed by atoms with Crippen molar-refractivity contribution in [1.82, 2.24) is 19.9 Å². The number of aromatic nitrogens is 3. The molecular weight excluding hydrogens is 536 g/mol. The van der Waals surface area contributed by atoms with Crippen molar-refractivity contribution < 1.29 is 9.53 Å². The average molecular weight is 577 g/mol. The maximum absolute atomic E-state index is 12.1. The van der Waals surface area contributed by atoms with Gasteiger partial charge in [-0.1, -0.05) is 36.9 Å². The number of hydrogen-bond acceptors (Lipinski definition) is 8. The van der Waals surface area contributed by atoms with Crippen LogP contribution in [-0.2, 0) is 9.53 Å². The minimum absolute atomic E-state index is 0.155. The summed E-state index contributed by atoms with van der Waals surface area (Å²) in [6.07, 6.45) is 7.36. The third-order valence-electron chi connectivity index (χ3n) is 7.70. The van der Waals surface area contributed by atoms with E-state index in [1.807, 2.05) is 58.0 Å². The number of anilines is 3. The Kier molecular flexibility index (Phi) is 9.16. The smallest absolute Gasteiger partial charge is 0.312 e.